The summed E-state index contributed by atoms with van der Waals surface area (Å²) in [5.74, 6) is -0.320. The maximum atomic E-state index is 11.5. The fraction of sp³-hybridized carbons (Fsp3) is 0.182. The summed E-state index contributed by atoms with van der Waals surface area (Å²) in [5.41, 5.74) is 3.60. The van der Waals surface area contributed by atoms with E-state index >= 15 is 0 Å². The van der Waals surface area contributed by atoms with Gasteiger partial charge in [0.05, 0.1) is 6.21 Å². The molecule has 0 unspecified atom stereocenters. The van der Waals surface area contributed by atoms with Crippen LogP contribution in [0.2, 0.25) is 0 Å². The third-order valence-electron chi connectivity index (χ3n) is 2.06. The Hall–Kier alpha value is -1.95. The Labute approximate surface area is 103 Å². The molecule has 0 bridgehead atoms. The van der Waals surface area contributed by atoms with Crippen molar-refractivity contribution in [3.8, 4) is 0 Å². The number of carbonyl (C=O) groups excluding carboxylic acids is 1. The minimum atomic E-state index is -0.320. The van der Waals surface area contributed by atoms with Crippen molar-refractivity contribution < 1.29 is 4.79 Å². The zero-order valence-corrected chi connectivity index (χ0v) is 10.3. The zero-order valence-electron chi connectivity index (χ0n) is 9.52. The summed E-state index contributed by atoms with van der Waals surface area (Å²) in [4.78, 5) is 13.8. The number of hydrazone groups is 1. The summed E-state index contributed by atoms with van der Waals surface area (Å²) in [5, 5.41) is 10.4. The number of H-pyrrole nitrogens is 1. The van der Waals surface area contributed by atoms with Gasteiger partial charge in [0.2, 0.25) is 0 Å². The first kappa shape index (κ1) is 11.5. The molecule has 0 spiro atoms. The molecule has 1 amide bonds. The van der Waals surface area contributed by atoms with Crippen LogP contribution in [0.15, 0.2) is 23.3 Å². The number of aryl methyl sites for hydroxylation is 2. The number of thiophene rings is 1. The van der Waals surface area contributed by atoms with Gasteiger partial charge in [-0.3, -0.25) is 9.89 Å². The Morgan fingerprint density at radius 3 is 2.94 bits per heavy atom. The SMILES string of the molecule is Cc1cc(C(=O)N/N=C/c2ccc(C)s2)n[nH]1. The van der Waals surface area contributed by atoms with Gasteiger partial charge in [0.1, 0.15) is 0 Å². The van der Waals surface area contributed by atoms with Crippen molar-refractivity contribution in [3.05, 3.63) is 39.3 Å². The molecule has 5 nitrogen and oxygen atoms in total. The van der Waals surface area contributed by atoms with Gasteiger partial charge in [-0.1, -0.05) is 0 Å². The van der Waals surface area contributed by atoms with E-state index in [-0.39, 0.29) is 5.91 Å². The van der Waals surface area contributed by atoms with Gasteiger partial charge < -0.3 is 0 Å². The van der Waals surface area contributed by atoms with Gasteiger partial charge in [0, 0.05) is 15.4 Å². The van der Waals surface area contributed by atoms with Gasteiger partial charge in [-0.2, -0.15) is 10.2 Å². The molecule has 0 saturated heterocycles. The van der Waals surface area contributed by atoms with Crippen LogP contribution in [0.1, 0.15) is 25.9 Å². The fourth-order valence-electron chi connectivity index (χ4n) is 1.27. The quantitative estimate of drug-likeness (QED) is 0.643. The molecule has 2 aromatic heterocycles. The van der Waals surface area contributed by atoms with Crippen molar-refractivity contribution >= 4 is 23.5 Å². The van der Waals surface area contributed by atoms with Crippen LogP contribution in [0.4, 0.5) is 0 Å². The number of hydrogen-bond donors (Lipinski definition) is 2. The maximum Gasteiger partial charge on any atom is 0.291 e. The van der Waals surface area contributed by atoms with Gasteiger partial charge in [-0.15, -0.1) is 11.3 Å². The molecule has 0 atom stereocenters. The van der Waals surface area contributed by atoms with Crippen LogP contribution in [0, 0.1) is 13.8 Å². The van der Waals surface area contributed by atoms with E-state index in [1.807, 2.05) is 26.0 Å². The molecule has 0 radical (unpaired) electrons. The molecule has 17 heavy (non-hydrogen) atoms. The first-order valence-electron chi connectivity index (χ1n) is 5.07. The number of nitrogens with zero attached hydrogens (tertiary/aromatic N) is 2. The number of amides is 1. The third kappa shape index (κ3) is 3.01. The lowest BCUT2D eigenvalue weighted by molar-refractivity contribution is 0.0950. The first-order chi connectivity index (χ1) is 8.15. The van der Waals surface area contributed by atoms with E-state index in [0.717, 1.165) is 10.6 Å². The lowest BCUT2D eigenvalue weighted by Crippen LogP contribution is -2.17. The Bertz CT molecular complexity index is 555. The second kappa shape index (κ2) is 4.92. The number of nitrogens with one attached hydrogen (secondary N) is 2. The molecular weight excluding hydrogens is 236 g/mol. The van der Waals surface area contributed by atoms with Crippen LogP contribution in [0.3, 0.4) is 0 Å². The standard InChI is InChI=1S/C11H12N4OS/c1-7-5-10(14-13-7)11(16)15-12-6-9-4-3-8(2)17-9/h3-6H,1-2H3,(H,13,14)(H,15,16)/b12-6+. The summed E-state index contributed by atoms with van der Waals surface area (Å²) in [6.45, 7) is 3.86. The minimum absolute atomic E-state index is 0.320. The highest BCUT2D eigenvalue weighted by Gasteiger charge is 2.07. The van der Waals surface area contributed by atoms with E-state index in [2.05, 4.69) is 20.7 Å². The highest BCUT2D eigenvalue weighted by Crippen LogP contribution is 2.12. The van der Waals surface area contributed by atoms with E-state index in [9.17, 15) is 4.79 Å². The normalized spacial score (nSPS) is 10.9. The van der Waals surface area contributed by atoms with Crippen LogP contribution in [0.5, 0.6) is 0 Å². The molecule has 0 fully saturated rings. The lowest BCUT2D eigenvalue weighted by atomic mass is 10.4. The van der Waals surface area contributed by atoms with E-state index in [4.69, 9.17) is 0 Å². The van der Waals surface area contributed by atoms with E-state index in [1.165, 1.54) is 4.88 Å². The van der Waals surface area contributed by atoms with Crippen LogP contribution < -0.4 is 5.43 Å². The number of carbonyl (C=O) groups is 1. The minimum Gasteiger partial charge on any atom is -0.282 e. The molecule has 0 aliphatic rings. The van der Waals surface area contributed by atoms with Gasteiger partial charge in [-0.05, 0) is 32.0 Å². The van der Waals surface area contributed by atoms with Crippen LogP contribution in [-0.4, -0.2) is 22.3 Å². The summed E-state index contributed by atoms with van der Waals surface area (Å²) in [6.07, 6.45) is 1.62. The average Bonchev–Trinajstić information content (AvgIpc) is 2.88. The number of aromatic nitrogens is 2. The number of rotatable bonds is 3. The zero-order chi connectivity index (χ0) is 12.3. The summed E-state index contributed by atoms with van der Waals surface area (Å²) in [7, 11) is 0. The van der Waals surface area contributed by atoms with Gasteiger partial charge in [-0.25, -0.2) is 5.43 Å². The monoisotopic (exact) mass is 248 g/mol. The largest absolute Gasteiger partial charge is 0.291 e. The number of aromatic amines is 1. The molecule has 2 heterocycles. The van der Waals surface area contributed by atoms with Crippen LogP contribution >= 0.6 is 11.3 Å². The van der Waals surface area contributed by atoms with Crippen molar-refractivity contribution in [2.75, 3.05) is 0 Å². The molecule has 6 heteroatoms. The molecule has 0 saturated carbocycles. The smallest absolute Gasteiger partial charge is 0.282 e. The molecule has 2 aromatic rings. The van der Waals surface area contributed by atoms with E-state index in [1.54, 1.807) is 23.6 Å². The molecule has 88 valence electrons. The first-order valence-corrected chi connectivity index (χ1v) is 5.88. The van der Waals surface area contributed by atoms with E-state index in [0.29, 0.717) is 5.69 Å². The van der Waals surface area contributed by atoms with E-state index < -0.39 is 0 Å². The highest BCUT2D eigenvalue weighted by atomic mass is 32.1. The summed E-state index contributed by atoms with van der Waals surface area (Å²) < 4.78 is 0. The van der Waals surface area contributed by atoms with Gasteiger partial charge >= 0.3 is 0 Å². The molecule has 0 aliphatic carbocycles. The Morgan fingerprint density at radius 2 is 2.35 bits per heavy atom. The van der Waals surface area contributed by atoms with Gasteiger partial charge in [0.15, 0.2) is 5.69 Å². The van der Waals surface area contributed by atoms with Crippen molar-refractivity contribution in [1.29, 1.82) is 0 Å². The molecule has 0 aliphatic heterocycles. The Balaban J connectivity index is 1.94. The Kier molecular flexibility index (Phi) is 3.34. The average molecular weight is 248 g/mol. The third-order valence-corrected chi connectivity index (χ3v) is 2.99. The predicted molar refractivity (Wildman–Crippen MR) is 67.4 cm³/mol. The van der Waals surface area contributed by atoms with Gasteiger partial charge in [0.25, 0.3) is 5.91 Å². The number of hydrogen-bond acceptors (Lipinski definition) is 4. The molecule has 2 rings (SSSR count). The summed E-state index contributed by atoms with van der Waals surface area (Å²) >= 11 is 1.62. The van der Waals surface area contributed by atoms with Crippen molar-refractivity contribution in [2.24, 2.45) is 5.10 Å². The maximum absolute atomic E-state index is 11.5. The second-order valence-electron chi connectivity index (χ2n) is 3.58. The fourth-order valence-corrected chi connectivity index (χ4v) is 2.02. The van der Waals surface area contributed by atoms with Crippen molar-refractivity contribution in [1.82, 2.24) is 15.6 Å². The lowest BCUT2D eigenvalue weighted by Gasteiger charge is -1.93. The van der Waals surface area contributed by atoms with Crippen molar-refractivity contribution in [3.63, 3.8) is 0 Å². The molecular formula is C11H12N4OS. The summed E-state index contributed by atoms with van der Waals surface area (Å²) in [6, 6.07) is 5.62. The molecule has 0 aromatic carbocycles. The highest BCUT2D eigenvalue weighted by molar-refractivity contribution is 7.13. The van der Waals surface area contributed by atoms with Crippen LogP contribution in [0.25, 0.3) is 0 Å². The second-order valence-corrected chi connectivity index (χ2v) is 4.90. The van der Waals surface area contributed by atoms with Crippen molar-refractivity contribution in [2.45, 2.75) is 13.8 Å². The Morgan fingerprint density at radius 1 is 1.53 bits per heavy atom. The topological polar surface area (TPSA) is 70.1 Å². The predicted octanol–water partition coefficient (Wildman–Crippen LogP) is 1.85. The van der Waals surface area contributed by atoms with Crippen LogP contribution in [-0.2, 0) is 0 Å². The molecule has 2 N–H and O–H groups in total.